The molecular formula is C40H29NSSi. The van der Waals surface area contributed by atoms with Gasteiger partial charge < -0.3 is 4.90 Å². The summed E-state index contributed by atoms with van der Waals surface area (Å²) in [6.45, 7) is 0. The monoisotopic (exact) mass is 583 g/mol. The van der Waals surface area contributed by atoms with E-state index in [0.717, 1.165) is 0 Å². The van der Waals surface area contributed by atoms with Gasteiger partial charge in [-0.25, -0.2) is 0 Å². The third kappa shape index (κ3) is 4.15. The Kier molecular flexibility index (Phi) is 5.81. The van der Waals surface area contributed by atoms with Crippen LogP contribution in [0.2, 0.25) is 0 Å². The molecule has 2 aliphatic heterocycles. The number of rotatable bonds is 4. The fourth-order valence-electron chi connectivity index (χ4n) is 7.10. The molecule has 3 aliphatic rings. The van der Waals surface area contributed by atoms with E-state index in [2.05, 4.69) is 168 Å². The van der Waals surface area contributed by atoms with Crippen molar-refractivity contribution in [3.05, 3.63) is 157 Å². The molecule has 2 atom stereocenters. The van der Waals surface area contributed by atoms with E-state index in [-0.39, 0.29) is 0 Å². The number of hydrogen-bond donors (Lipinski definition) is 0. The van der Waals surface area contributed by atoms with Crippen molar-refractivity contribution in [2.24, 2.45) is 0 Å². The third-order valence-electron chi connectivity index (χ3n) is 9.19. The highest BCUT2D eigenvalue weighted by molar-refractivity contribution is 8.00. The minimum atomic E-state index is -0.558. The van der Waals surface area contributed by atoms with Gasteiger partial charge in [-0.2, -0.15) is 0 Å². The highest BCUT2D eigenvalue weighted by Gasteiger charge is 2.35. The van der Waals surface area contributed by atoms with Gasteiger partial charge in [0.25, 0.3) is 0 Å². The van der Waals surface area contributed by atoms with Crippen LogP contribution >= 0.6 is 11.8 Å². The van der Waals surface area contributed by atoms with E-state index in [1.165, 1.54) is 60.5 Å². The molecule has 0 saturated heterocycles. The second-order valence-electron chi connectivity index (χ2n) is 11.7. The molecule has 0 N–H and O–H groups in total. The largest absolute Gasteiger partial charge is 0.311 e. The van der Waals surface area contributed by atoms with E-state index in [1.807, 2.05) is 0 Å². The van der Waals surface area contributed by atoms with Crippen molar-refractivity contribution in [2.75, 3.05) is 4.90 Å². The lowest BCUT2D eigenvalue weighted by Crippen LogP contribution is -2.22. The van der Waals surface area contributed by atoms with Crippen LogP contribution in [-0.2, 0) is 0 Å². The highest BCUT2D eigenvalue weighted by atomic mass is 32.2. The lowest BCUT2D eigenvalue weighted by molar-refractivity contribution is 0.882. The van der Waals surface area contributed by atoms with E-state index in [0.29, 0.717) is 11.2 Å². The summed E-state index contributed by atoms with van der Waals surface area (Å²) in [5.41, 5.74) is 10.6. The third-order valence-corrected chi connectivity index (χ3v) is 12.5. The summed E-state index contributed by atoms with van der Waals surface area (Å²) in [5, 5.41) is 6.22. The van der Waals surface area contributed by atoms with Gasteiger partial charge in [-0.1, -0.05) is 120 Å². The molecule has 0 radical (unpaired) electrons. The zero-order valence-corrected chi connectivity index (χ0v) is 25.9. The van der Waals surface area contributed by atoms with Gasteiger partial charge in [0.05, 0.1) is 9.52 Å². The van der Waals surface area contributed by atoms with Crippen molar-refractivity contribution in [1.29, 1.82) is 0 Å². The number of fused-ring (bicyclic) bond motifs is 8. The van der Waals surface area contributed by atoms with Gasteiger partial charge in [0.15, 0.2) is 0 Å². The smallest absolute Gasteiger partial charge is 0.0892 e. The van der Waals surface area contributed by atoms with Gasteiger partial charge in [0.1, 0.15) is 0 Å². The van der Waals surface area contributed by atoms with Gasteiger partial charge >= 0.3 is 0 Å². The molecule has 2 unspecified atom stereocenters. The maximum Gasteiger partial charge on any atom is 0.0892 e. The number of nitrogens with zero attached hydrogens (tertiary/aromatic N) is 1. The van der Waals surface area contributed by atoms with Crippen molar-refractivity contribution < 1.29 is 0 Å². The Bertz CT molecular complexity index is 2090. The summed E-state index contributed by atoms with van der Waals surface area (Å²) in [7, 11) is -0.558. The molecule has 1 aliphatic carbocycles. The molecule has 204 valence electrons. The van der Waals surface area contributed by atoms with Gasteiger partial charge in [-0.3, -0.25) is 0 Å². The van der Waals surface area contributed by atoms with Crippen LogP contribution in [0, 0.1) is 0 Å². The molecule has 0 bridgehead atoms. The Balaban J connectivity index is 1.10. The summed E-state index contributed by atoms with van der Waals surface area (Å²) >= 11 is 2.07. The van der Waals surface area contributed by atoms with Gasteiger partial charge in [-0.15, -0.1) is 11.8 Å². The average Bonchev–Trinajstić information content (AvgIpc) is 3.63. The first-order chi connectivity index (χ1) is 21.3. The molecule has 6 aromatic rings. The van der Waals surface area contributed by atoms with Gasteiger partial charge in [-0.05, 0) is 81.1 Å². The topological polar surface area (TPSA) is 3.24 Å². The van der Waals surface area contributed by atoms with E-state index in [9.17, 15) is 0 Å². The minimum absolute atomic E-state index is 0.506. The molecule has 3 heteroatoms. The zero-order chi connectivity index (χ0) is 28.3. The number of hydrogen-bond acceptors (Lipinski definition) is 2. The maximum atomic E-state index is 2.48. The molecule has 0 spiro atoms. The lowest BCUT2D eigenvalue weighted by Gasteiger charge is -2.26. The molecule has 6 aromatic carbocycles. The van der Waals surface area contributed by atoms with Crippen LogP contribution in [0.4, 0.5) is 17.1 Å². The molecule has 0 aromatic heterocycles. The van der Waals surface area contributed by atoms with Crippen LogP contribution < -0.4 is 15.3 Å². The number of anilines is 3. The van der Waals surface area contributed by atoms with Crippen LogP contribution in [-0.4, -0.2) is 14.8 Å². The van der Waals surface area contributed by atoms with Gasteiger partial charge in [0, 0.05) is 33.1 Å². The van der Waals surface area contributed by atoms with Crippen LogP contribution in [0.15, 0.2) is 157 Å². The average molecular weight is 584 g/mol. The van der Waals surface area contributed by atoms with Crippen molar-refractivity contribution in [2.45, 2.75) is 16.1 Å². The lowest BCUT2D eigenvalue weighted by atomic mass is 9.90. The van der Waals surface area contributed by atoms with E-state index < -0.39 is 9.52 Å². The normalized spacial score (nSPS) is 18.0. The van der Waals surface area contributed by atoms with Gasteiger partial charge in [0.2, 0.25) is 0 Å². The van der Waals surface area contributed by atoms with Crippen LogP contribution in [0.25, 0.3) is 33.0 Å². The molecule has 0 amide bonds. The fourth-order valence-corrected chi connectivity index (χ4v) is 10.7. The standard InChI is InChI=1S/C40H29NSSi/c1-2-10-30(11-3-1)41(31-18-16-27(17-19-31)29-15-14-26-8-4-5-9-28(26)24-29)32-20-21-35-38(25-32)43-37-23-22-34-33-12-6-7-13-36(33)42-40(34)39(35)37/h1-25,33,36H,43H2. The second-order valence-corrected chi connectivity index (χ2v) is 14.8. The Morgan fingerprint density at radius 3 is 2.19 bits per heavy atom. The summed E-state index contributed by atoms with van der Waals surface area (Å²) in [4.78, 5) is 3.93. The van der Waals surface area contributed by atoms with Crippen LogP contribution in [0.3, 0.4) is 0 Å². The molecule has 2 heterocycles. The Labute approximate surface area is 259 Å². The van der Waals surface area contributed by atoms with Crippen LogP contribution in [0.1, 0.15) is 11.5 Å². The second kappa shape index (κ2) is 10.0. The Hall–Kier alpha value is -4.57. The fraction of sp³-hybridized carbons (Fsp3) is 0.0500. The van der Waals surface area contributed by atoms with Crippen molar-refractivity contribution in [3.63, 3.8) is 0 Å². The van der Waals surface area contributed by atoms with Crippen molar-refractivity contribution in [3.8, 4) is 22.3 Å². The Morgan fingerprint density at radius 1 is 0.558 bits per heavy atom. The molecular weight excluding hydrogens is 555 g/mol. The van der Waals surface area contributed by atoms with E-state index in [4.69, 9.17) is 0 Å². The van der Waals surface area contributed by atoms with Crippen LogP contribution in [0.5, 0.6) is 0 Å². The molecule has 9 rings (SSSR count). The first-order valence-electron chi connectivity index (χ1n) is 15.1. The maximum absolute atomic E-state index is 2.48. The van der Waals surface area contributed by atoms with Crippen molar-refractivity contribution >= 4 is 59.5 Å². The number of allylic oxidation sites excluding steroid dienone is 3. The summed E-state index contributed by atoms with van der Waals surface area (Å²) in [6.07, 6.45) is 9.18. The molecule has 0 fully saturated rings. The molecule has 0 saturated carbocycles. The first-order valence-corrected chi connectivity index (χ1v) is 17.3. The summed E-state index contributed by atoms with van der Waals surface area (Å²) in [5.74, 6) is 0.506. The van der Waals surface area contributed by atoms with E-state index >= 15 is 0 Å². The summed E-state index contributed by atoms with van der Waals surface area (Å²) in [6, 6.07) is 47.2. The quantitative estimate of drug-likeness (QED) is 0.191. The van der Waals surface area contributed by atoms with Crippen molar-refractivity contribution in [1.82, 2.24) is 0 Å². The highest BCUT2D eigenvalue weighted by Crippen LogP contribution is 2.51. The first kappa shape index (κ1) is 25.0. The molecule has 1 nitrogen and oxygen atoms in total. The predicted molar refractivity (Wildman–Crippen MR) is 188 cm³/mol. The minimum Gasteiger partial charge on any atom is -0.311 e. The number of thioether (sulfide) groups is 1. The van der Waals surface area contributed by atoms with E-state index in [1.54, 1.807) is 10.4 Å². The zero-order valence-electron chi connectivity index (χ0n) is 23.7. The SMILES string of the molecule is C1=CC2Sc3c(ccc4c3-c3ccc(N(c5ccccc5)c5ccc(-c6ccc7ccccc7c6)cc5)cc3[SiH2]4)C2C=C1. The molecule has 43 heavy (non-hydrogen) atoms. The number of para-hydroxylation sites is 1. The number of benzene rings is 6. The summed E-state index contributed by atoms with van der Waals surface area (Å²) < 4.78 is 0. The predicted octanol–water partition coefficient (Wildman–Crippen LogP) is 8.76. The Morgan fingerprint density at radius 2 is 1.30 bits per heavy atom.